The lowest BCUT2D eigenvalue weighted by atomic mass is 10.0. The SMILES string of the molecule is CCC(C)/C(N)=C(C)/C=C(\N)C#N. The number of nitrogens with zero attached hydrogens (tertiary/aromatic N) is 1. The van der Waals surface area contributed by atoms with Gasteiger partial charge in [0.2, 0.25) is 0 Å². The molecule has 0 aliphatic rings. The molecule has 0 saturated carbocycles. The van der Waals surface area contributed by atoms with Gasteiger partial charge in [-0.1, -0.05) is 13.8 Å². The average molecular weight is 179 g/mol. The number of hydrogen-bond acceptors (Lipinski definition) is 3. The normalized spacial score (nSPS) is 16.0. The second kappa shape index (κ2) is 5.26. The summed E-state index contributed by atoms with van der Waals surface area (Å²) in [5.41, 5.74) is 13.1. The third-order valence-electron chi connectivity index (χ3n) is 2.10. The lowest BCUT2D eigenvalue weighted by molar-refractivity contribution is 0.642. The van der Waals surface area contributed by atoms with Crippen LogP contribution < -0.4 is 11.5 Å². The summed E-state index contributed by atoms with van der Waals surface area (Å²) in [6, 6.07) is 1.86. The van der Waals surface area contributed by atoms with Crippen LogP contribution in [-0.4, -0.2) is 0 Å². The fourth-order valence-electron chi connectivity index (χ4n) is 0.957. The summed E-state index contributed by atoms with van der Waals surface area (Å²) in [6.45, 7) is 5.99. The second-order valence-corrected chi connectivity index (χ2v) is 3.16. The van der Waals surface area contributed by atoms with E-state index < -0.39 is 0 Å². The zero-order valence-corrected chi connectivity index (χ0v) is 8.46. The van der Waals surface area contributed by atoms with Crippen LogP contribution in [-0.2, 0) is 0 Å². The lowest BCUT2D eigenvalue weighted by Crippen LogP contribution is -2.10. The molecule has 0 aromatic heterocycles. The zero-order chi connectivity index (χ0) is 10.4. The molecule has 0 saturated heterocycles. The zero-order valence-electron chi connectivity index (χ0n) is 8.46. The summed E-state index contributed by atoms with van der Waals surface area (Å²) in [6.07, 6.45) is 2.60. The molecular weight excluding hydrogens is 162 g/mol. The maximum Gasteiger partial charge on any atom is 0.117 e. The quantitative estimate of drug-likeness (QED) is 0.510. The van der Waals surface area contributed by atoms with Crippen LogP contribution in [0.5, 0.6) is 0 Å². The van der Waals surface area contributed by atoms with Gasteiger partial charge in [-0.05, 0) is 30.9 Å². The summed E-state index contributed by atoms with van der Waals surface area (Å²) < 4.78 is 0. The van der Waals surface area contributed by atoms with Crippen LogP contribution in [0.1, 0.15) is 27.2 Å². The molecule has 0 spiro atoms. The van der Waals surface area contributed by atoms with Crippen LogP contribution in [0.25, 0.3) is 0 Å². The van der Waals surface area contributed by atoms with Crippen LogP contribution in [0.15, 0.2) is 23.0 Å². The van der Waals surface area contributed by atoms with Crippen molar-refractivity contribution in [2.75, 3.05) is 0 Å². The average Bonchev–Trinajstić information content (AvgIpc) is 2.14. The standard InChI is InChI=1S/C10H17N3/c1-4-7(2)10(13)8(3)5-9(12)6-11/h5,7H,4,12-13H2,1-3H3/b9-5-,10-8-. The minimum Gasteiger partial charge on any atom is -0.402 e. The first-order valence-electron chi connectivity index (χ1n) is 4.36. The Hall–Kier alpha value is -1.43. The Labute approximate surface area is 79.7 Å². The van der Waals surface area contributed by atoms with E-state index in [9.17, 15) is 0 Å². The van der Waals surface area contributed by atoms with Gasteiger partial charge in [0, 0.05) is 5.70 Å². The molecule has 0 rings (SSSR count). The number of hydrogen-bond donors (Lipinski definition) is 2. The van der Waals surface area contributed by atoms with Crippen LogP contribution in [0, 0.1) is 17.2 Å². The summed E-state index contributed by atoms with van der Waals surface area (Å²) >= 11 is 0. The predicted octanol–water partition coefficient (Wildman–Crippen LogP) is 1.63. The van der Waals surface area contributed by atoms with Gasteiger partial charge in [-0.25, -0.2) is 0 Å². The molecule has 0 fully saturated rings. The minimum absolute atomic E-state index is 0.198. The van der Waals surface area contributed by atoms with Crippen molar-refractivity contribution in [3.63, 3.8) is 0 Å². The van der Waals surface area contributed by atoms with Gasteiger partial charge < -0.3 is 11.5 Å². The van der Waals surface area contributed by atoms with Crippen molar-refractivity contribution in [3.05, 3.63) is 23.0 Å². The van der Waals surface area contributed by atoms with Crippen LogP contribution in [0.2, 0.25) is 0 Å². The number of nitriles is 1. The first kappa shape index (κ1) is 11.6. The van der Waals surface area contributed by atoms with Gasteiger partial charge in [-0.3, -0.25) is 0 Å². The van der Waals surface area contributed by atoms with E-state index >= 15 is 0 Å². The van der Waals surface area contributed by atoms with Gasteiger partial charge in [0.25, 0.3) is 0 Å². The van der Waals surface area contributed by atoms with E-state index in [1.165, 1.54) is 0 Å². The molecule has 0 radical (unpaired) electrons. The van der Waals surface area contributed by atoms with Crippen LogP contribution in [0.4, 0.5) is 0 Å². The molecule has 4 N–H and O–H groups in total. The van der Waals surface area contributed by atoms with E-state index in [1.807, 2.05) is 13.0 Å². The Morgan fingerprint density at radius 1 is 1.54 bits per heavy atom. The van der Waals surface area contributed by atoms with Gasteiger partial charge in [0.15, 0.2) is 0 Å². The van der Waals surface area contributed by atoms with Crippen molar-refractivity contribution in [1.82, 2.24) is 0 Å². The van der Waals surface area contributed by atoms with Crippen molar-refractivity contribution >= 4 is 0 Å². The van der Waals surface area contributed by atoms with E-state index in [0.29, 0.717) is 5.92 Å². The molecule has 0 aromatic carbocycles. The van der Waals surface area contributed by atoms with Gasteiger partial charge in [-0.2, -0.15) is 5.26 Å². The van der Waals surface area contributed by atoms with Gasteiger partial charge in [0.1, 0.15) is 11.8 Å². The van der Waals surface area contributed by atoms with Gasteiger partial charge in [0.05, 0.1) is 0 Å². The first-order valence-corrected chi connectivity index (χ1v) is 4.36. The predicted molar refractivity (Wildman–Crippen MR) is 54.2 cm³/mol. The maximum atomic E-state index is 8.45. The molecule has 1 atom stereocenters. The molecule has 1 unspecified atom stereocenters. The fourth-order valence-corrected chi connectivity index (χ4v) is 0.957. The molecule has 0 amide bonds. The highest BCUT2D eigenvalue weighted by Crippen LogP contribution is 2.14. The van der Waals surface area contributed by atoms with Crippen molar-refractivity contribution in [2.45, 2.75) is 27.2 Å². The maximum absolute atomic E-state index is 8.45. The number of nitrogens with two attached hydrogens (primary N) is 2. The largest absolute Gasteiger partial charge is 0.402 e. The third-order valence-corrected chi connectivity index (χ3v) is 2.10. The molecule has 3 heteroatoms. The molecule has 0 aliphatic carbocycles. The Morgan fingerprint density at radius 3 is 2.46 bits per heavy atom. The Balaban J connectivity index is 4.74. The lowest BCUT2D eigenvalue weighted by Gasteiger charge is -2.10. The Bertz CT molecular complexity index is 268. The number of allylic oxidation sites excluding steroid dienone is 4. The van der Waals surface area contributed by atoms with E-state index in [-0.39, 0.29) is 5.70 Å². The molecule has 0 bridgehead atoms. The highest BCUT2D eigenvalue weighted by atomic mass is 14.6. The first-order chi connectivity index (χ1) is 6.02. The van der Waals surface area contributed by atoms with Crippen LogP contribution in [0.3, 0.4) is 0 Å². The minimum atomic E-state index is 0.198. The van der Waals surface area contributed by atoms with E-state index in [1.54, 1.807) is 6.08 Å². The van der Waals surface area contributed by atoms with Gasteiger partial charge in [-0.15, -0.1) is 0 Å². The fraction of sp³-hybridized carbons (Fsp3) is 0.500. The highest BCUT2D eigenvalue weighted by molar-refractivity contribution is 5.31. The molecule has 72 valence electrons. The molecule has 13 heavy (non-hydrogen) atoms. The second-order valence-electron chi connectivity index (χ2n) is 3.16. The van der Waals surface area contributed by atoms with Crippen molar-refractivity contribution in [1.29, 1.82) is 5.26 Å². The third kappa shape index (κ3) is 3.66. The molecule has 0 heterocycles. The summed E-state index contributed by atoms with van der Waals surface area (Å²) in [4.78, 5) is 0. The monoisotopic (exact) mass is 179 g/mol. The Kier molecular flexibility index (Phi) is 4.68. The highest BCUT2D eigenvalue weighted by Gasteiger charge is 2.04. The van der Waals surface area contributed by atoms with Crippen molar-refractivity contribution < 1.29 is 0 Å². The van der Waals surface area contributed by atoms with E-state index in [2.05, 4.69) is 13.8 Å². The summed E-state index contributed by atoms with van der Waals surface area (Å²) in [5.74, 6) is 0.336. The van der Waals surface area contributed by atoms with Gasteiger partial charge >= 0.3 is 0 Å². The number of rotatable bonds is 3. The van der Waals surface area contributed by atoms with E-state index in [4.69, 9.17) is 16.7 Å². The molecular formula is C10H17N3. The molecule has 0 aromatic rings. The van der Waals surface area contributed by atoms with Crippen LogP contribution >= 0.6 is 0 Å². The smallest absolute Gasteiger partial charge is 0.117 e. The Morgan fingerprint density at radius 2 is 2.08 bits per heavy atom. The summed E-state index contributed by atoms with van der Waals surface area (Å²) in [7, 11) is 0. The van der Waals surface area contributed by atoms with Crippen molar-refractivity contribution in [3.8, 4) is 6.07 Å². The van der Waals surface area contributed by atoms with E-state index in [0.717, 1.165) is 17.7 Å². The molecule has 0 aliphatic heterocycles. The summed E-state index contributed by atoms with van der Waals surface area (Å²) in [5, 5.41) is 8.45. The topological polar surface area (TPSA) is 75.8 Å². The molecule has 3 nitrogen and oxygen atoms in total. The van der Waals surface area contributed by atoms with Crippen molar-refractivity contribution in [2.24, 2.45) is 17.4 Å².